The molecule has 2 N–H and O–H groups in total. The molecule has 3 heterocycles. The van der Waals surface area contributed by atoms with Crippen LogP contribution in [0.2, 0.25) is 0 Å². The van der Waals surface area contributed by atoms with Crippen molar-refractivity contribution in [1.29, 1.82) is 0 Å². The van der Waals surface area contributed by atoms with Gasteiger partial charge in [-0.05, 0) is 42.3 Å². The Morgan fingerprint density at radius 2 is 1.91 bits per heavy atom. The van der Waals surface area contributed by atoms with Crippen molar-refractivity contribution in [2.24, 2.45) is 0 Å². The number of urea groups is 1. The van der Waals surface area contributed by atoms with Crippen LogP contribution < -0.4 is 20.3 Å². The third-order valence-electron chi connectivity index (χ3n) is 5.04. The minimum Gasteiger partial charge on any atom is -0.470 e. The van der Waals surface area contributed by atoms with E-state index >= 15 is 0 Å². The summed E-state index contributed by atoms with van der Waals surface area (Å²) in [5.41, 5.74) is 0.182. The number of benzene rings is 1. The standard InChI is InChI=1S/C22H21F3N6O2/c23-22(24,25)16-2-1-3-17(12-16)29-21(32)30-18-6-11-31(13-18)19-20(28-10-9-27-19)33-14-15-4-7-26-8-5-15/h1-5,7-10,12,18H,6,11,13-14H2,(H2,29,30,32). The van der Waals surface area contributed by atoms with E-state index in [2.05, 4.69) is 25.6 Å². The number of aromatic nitrogens is 3. The highest BCUT2D eigenvalue weighted by atomic mass is 19.4. The second-order valence-corrected chi connectivity index (χ2v) is 7.44. The summed E-state index contributed by atoms with van der Waals surface area (Å²) in [5.74, 6) is 0.942. The van der Waals surface area contributed by atoms with E-state index in [1.165, 1.54) is 12.1 Å². The molecule has 1 aliphatic heterocycles. The highest BCUT2D eigenvalue weighted by Crippen LogP contribution is 2.31. The molecule has 0 saturated carbocycles. The number of rotatable bonds is 6. The molecule has 2 aromatic heterocycles. The number of nitrogens with zero attached hydrogens (tertiary/aromatic N) is 4. The predicted octanol–water partition coefficient (Wildman–Crippen LogP) is 3.87. The number of carbonyl (C=O) groups is 1. The molecule has 2 amide bonds. The molecule has 0 bridgehead atoms. The minimum absolute atomic E-state index is 0.0675. The Morgan fingerprint density at radius 3 is 2.70 bits per heavy atom. The molecule has 0 aliphatic carbocycles. The van der Waals surface area contributed by atoms with Crippen molar-refractivity contribution in [3.63, 3.8) is 0 Å². The fraction of sp³-hybridized carbons (Fsp3) is 0.273. The van der Waals surface area contributed by atoms with E-state index in [0.29, 0.717) is 37.8 Å². The number of halogens is 3. The second-order valence-electron chi connectivity index (χ2n) is 7.44. The molecule has 172 valence electrons. The first-order chi connectivity index (χ1) is 15.9. The first-order valence-electron chi connectivity index (χ1n) is 10.2. The normalized spacial score (nSPS) is 15.8. The van der Waals surface area contributed by atoms with Crippen LogP contribution in [0.25, 0.3) is 0 Å². The smallest absolute Gasteiger partial charge is 0.416 e. The molecule has 8 nitrogen and oxygen atoms in total. The Morgan fingerprint density at radius 1 is 1.12 bits per heavy atom. The van der Waals surface area contributed by atoms with Crippen molar-refractivity contribution in [1.82, 2.24) is 20.3 Å². The third-order valence-corrected chi connectivity index (χ3v) is 5.04. The average Bonchev–Trinajstić information content (AvgIpc) is 3.26. The maximum absolute atomic E-state index is 12.9. The molecular formula is C22H21F3N6O2. The largest absolute Gasteiger partial charge is 0.470 e. The highest BCUT2D eigenvalue weighted by molar-refractivity contribution is 5.89. The monoisotopic (exact) mass is 458 g/mol. The predicted molar refractivity (Wildman–Crippen MR) is 115 cm³/mol. The van der Waals surface area contributed by atoms with Crippen molar-refractivity contribution in [3.05, 3.63) is 72.3 Å². The fourth-order valence-corrected chi connectivity index (χ4v) is 3.46. The molecular weight excluding hydrogens is 437 g/mol. The Kier molecular flexibility index (Phi) is 6.57. The molecule has 1 aliphatic rings. The number of carbonyl (C=O) groups excluding carboxylic acids is 1. The summed E-state index contributed by atoms with van der Waals surface area (Å²) in [4.78, 5) is 26.9. The Labute approximate surface area is 187 Å². The Hall–Kier alpha value is -3.89. The number of ether oxygens (including phenoxy) is 1. The number of hydrogen-bond acceptors (Lipinski definition) is 6. The highest BCUT2D eigenvalue weighted by Gasteiger charge is 2.31. The third kappa shape index (κ3) is 5.88. The zero-order valence-corrected chi connectivity index (χ0v) is 17.4. The van der Waals surface area contributed by atoms with Crippen LogP contribution >= 0.6 is 0 Å². The van der Waals surface area contributed by atoms with Gasteiger partial charge in [-0.1, -0.05) is 6.07 Å². The van der Waals surface area contributed by atoms with Crippen molar-refractivity contribution in [3.8, 4) is 5.88 Å². The summed E-state index contributed by atoms with van der Waals surface area (Å²) < 4.78 is 44.4. The van der Waals surface area contributed by atoms with Gasteiger partial charge in [0.25, 0.3) is 5.88 Å². The molecule has 0 radical (unpaired) electrons. The van der Waals surface area contributed by atoms with Gasteiger partial charge in [0.2, 0.25) is 0 Å². The number of hydrogen-bond donors (Lipinski definition) is 2. The van der Waals surface area contributed by atoms with Gasteiger partial charge in [0.1, 0.15) is 6.61 Å². The number of alkyl halides is 3. The number of amides is 2. The van der Waals surface area contributed by atoms with Gasteiger partial charge in [-0.15, -0.1) is 0 Å². The number of pyridine rings is 1. The van der Waals surface area contributed by atoms with Gasteiger partial charge in [0.05, 0.1) is 5.56 Å². The van der Waals surface area contributed by atoms with Gasteiger partial charge in [-0.25, -0.2) is 14.8 Å². The van der Waals surface area contributed by atoms with E-state index in [1.54, 1.807) is 24.8 Å². The molecule has 1 atom stereocenters. The van der Waals surface area contributed by atoms with Crippen LogP contribution in [0.1, 0.15) is 17.5 Å². The maximum Gasteiger partial charge on any atom is 0.416 e. The number of nitrogens with one attached hydrogen (secondary N) is 2. The Balaban J connectivity index is 1.34. The van der Waals surface area contributed by atoms with Crippen molar-refractivity contribution >= 4 is 17.5 Å². The summed E-state index contributed by atoms with van der Waals surface area (Å²) >= 11 is 0. The van der Waals surface area contributed by atoms with E-state index in [4.69, 9.17) is 4.74 Å². The summed E-state index contributed by atoms with van der Waals surface area (Å²) in [7, 11) is 0. The molecule has 1 saturated heterocycles. The zero-order valence-electron chi connectivity index (χ0n) is 17.4. The second kappa shape index (κ2) is 9.72. The van der Waals surface area contributed by atoms with Crippen molar-refractivity contribution in [2.75, 3.05) is 23.3 Å². The average molecular weight is 458 g/mol. The lowest BCUT2D eigenvalue weighted by Crippen LogP contribution is -2.39. The quantitative estimate of drug-likeness (QED) is 0.583. The fourth-order valence-electron chi connectivity index (χ4n) is 3.46. The minimum atomic E-state index is -4.48. The van der Waals surface area contributed by atoms with Gasteiger partial charge in [-0.2, -0.15) is 13.2 Å². The maximum atomic E-state index is 12.9. The van der Waals surface area contributed by atoms with Crippen LogP contribution in [0.15, 0.2) is 61.2 Å². The van der Waals surface area contributed by atoms with Crippen LogP contribution in [0.4, 0.5) is 29.5 Å². The summed E-state index contributed by atoms with van der Waals surface area (Å²) in [6, 6.07) is 7.39. The first-order valence-corrected chi connectivity index (χ1v) is 10.2. The lowest BCUT2D eigenvalue weighted by atomic mass is 10.2. The SMILES string of the molecule is O=C(Nc1cccc(C(F)(F)F)c1)NC1CCN(c2nccnc2OCc2ccncc2)C1. The van der Waals surface area contributed by atoms with E-state index in [9.17, 15) is 18.0 Å². The molecule has 1 fully saturated rings. The van der Waals surface area contributed by atoms with Crippen LogP contribution in [0, 0.1) is 0 Å². The van der Waals surface area contributed by atoms with Gasteiger partial charge < -0.3 is 20.3 Å². The number of anilines is 2. The molecule has 0 spiro atoms. The molecule has 4 rings (SSSR count). The van der Waals surface area contributed by atoms with Gasteiger partial charge >= 0.3 is 12.2 Å². The van der Waals surface area contributed by atoms with Crippen molar-refractivity contribution < 1.29 is 22.7 Å². The van der Waals surface area contributed by atoms with E-state index < -0.39 is 17.8 Å². The molecule has 1 unspecified atom stereocenters. The molecule has 1 aromatic carbocycles. The Bertz CT molecular complexity index is 1100. The molecule has 3 aromatic rings. The van der Waals surface area contributed by atoms with Crippen LogP contribution in [0.5, 0.6) is 5.88 Å². The van der Waals surface area contributed by atoms with E-state index in [-0.39, 0.29) is 11.7 Å². The lowest BCUT2D eigenvalue weighted by Gasteiger charge is -2.20. The molecule has 11 heteroatoms. The van der Waals surface area contributed by atoms with Gasteiger partial charge in [0.15, 0.2) is 5.82 Å². The van der Waals surface area contributed by atoms with Gasteiger partial charge in [0, 0.05) is 49.6 Å². The summed E-state index contributed by atoms with van der Waals surface area (Å²) in [6.45, 7) is 1.38. The van der Waals surface area contributed by atoms with Crippen LogP contribution in [-0.4, -0.2) is 40.1 Å². The van der Waals surface area contributed by atoms with Gasteiger partial charge in [-0.3, -0.25) is 4.98 Å². The topological polar surface area (TPSA) is 92.3 Å². The zero-order chi connectivity index (χ0) is 23.3. The van der Waals surface area contributed by atoms with E-state index in [1.807, 2.05) is 17.0 Å². The lowest BCUT2D eigenvalue weighted by molar-refractivity contribution is -0.137. The molecule has 33 heavy (non-hydrogen) atoms. The first kappa shape index (κ1) is 22.3. The van der Waals surface area contributed by atoms with Crippen molar-refractivity contribution in [2.45, 2.75) is 25.2 Å². The van der Waals surface area contributed by atoms with Crippen LogP contribution in [0.3, 0.4) is 0 Å². The van der Waals surface area contributed by atoms with Crippen LogP contribution in [-0.2, 0) is 12.8 Å². The summed E-state index contributed by atoms with van der Waals surface area (Å²) in [6.07, 6.45) is 2.62. The van der Waals surface area contributed by atoms with E-state index in [0.717, 1.165) is 17.7 Å². The summed E-state index contributed by atoms with van der Waals surface area (Å²) in [5, 5.41) is 5.25.